The molecule has 0 bridgehead atoms. The summed E-state index contributed by atoms with van der Waals surface area (Å²) in [5, 5.41) is 92.9. The summed E-state index contributed by atoms with van der Waals surface area (Å²) in [6.07, 6.45) is -5.14. The maximum absolute atomic E-state index is 15.4. The van der Waals surface area contributed by atoms with Crippen LogP contribution >= 0.6 is 21.6 Å². The Kier molecular flexibility index (Phi) is 44.9. The van der Waals surface area contributed by atoms with E-state index < -0.39 is 205 Å². The molecule has 11 atom stereocenters. The number of nitrogens with zero attached hydrogens (tertiary/aromatic N) is 3. The van der Waals surface area contributed by atoms with Crippen LogP contribution in [0.3, 0.4) is 0 Å². The second-order valence-electron chi connectivity index (χ2n) is 31.8. The molecule has 45 heteroatoms. The fourth-order valence-electron chi connectivity index (χ4n) is 13.7. The zero-order valence-electron chi connectivity index (χ0n) is 73.9. The molecule has 131 heavy (non-hydrogen) atoms. The number of aliphatic carboxylic acids is 2. The molecular weight excluding hydrogens is 1750 g/mol. The predicted octanol–water partition coefficient (Wildman–Crippen LogP) is -4.58. The van der Waals surface area contributed by atoms with Crippen LogP contribution in [0.25, 0.3) is 11.1 Å². The Morgan fingerprint density at radius 1 is 0.489 bits per heavy atom. The largest absolute Gasteiger partial charge is 0.508 e. The van der Waals surface area contributed by atoms with Crippen molar-refractivity contribution in [2.24, 2.45) is 5.92 Å². The zero-order valence-corrected chi connectivity index (χ0v) is 75.5. The fourth-order valence-corrected chi connectivity index (χ4v) is 16.1. The van der Waals surface area contributed by atoms with Gasteiger partial charge >= 0.3 is 11.9 Å². The summed E-state index contributed by atoms with van der Waals surface area (Å²) >= 11 is 0. The van der Waals surface area contributed by atoms with Gasteiger partial charge in [-0.25, -0.2) is 0 Å². The van der Waals surface area contributed by atoms with Crippen LogP contribution in [0.1, 0.15) is 97.3 Å². The van der Waals surface area contributed by atoms with Crippen molar-refractivity contribution < 1.29 is 117 Å². The van der Waals surface area contributed by atoms with Gasteiger partial charge in [-0.05, 0) is 84.2 Å². The van der Waals surface area contributed by atoms with E-state index in [9.17, 15) is 97.5 Å². The van der Waals surface area contributed by atoms with Crippen LogP contribution in [-0.4, -0.2) is 322 Å². The number of aliphatic hydroxyl groups is 1. The van der Waals surface area contributed by atoms with Crippen molar-refractivity contribution in [3.05, 3.63) is 120 Å². The smallest absolute Gasteiger partial charge is 0.305 e. The lowest BCUT2D eigenvalue weighted by molar-refractivity contribution is -0.143. The van der Waals surface area contributed by atoms with Crippen molar-refractivity contribution in [3.8, 4) is 22.6 Å². The first-order chi connectivity index (χ1) is 62.2. The number of carboxylic acid groups (broad SMARTS) is 2. The number of phenolic OH excluding ortho intramolecular Hbond substituents is 2. The number of carbonyl (C=O) groups is 19. The van der Waals surface area contributed by atoms with Crippen LogP contribution in [0.15, 0.2) is 103 Å². The molecule has 0 aromatic heterocycles. The van der Waals surface area contributed by atoms with Gasteiger partial charge in [0.1, 0.15) is 71.9 Å². The Morgan fingerprint density at radius 2 is 0.985 bits per heavy atom. The van der Waals surface area contributed by atoms with Gasteiger partial charge in [0.25, 0.3) is 0 Å². The normalized spacial score (nSPS) is 18.7. The number of phenols is 2. The van der Waals surface area contributed by atoms with Gasteiger partial charge in [-0.1, -0.05) is 114 Å². The van der Waals surface area contributed by atoms with E-state index in [-0.39, 0.29) is 151 Å². The highest BCUT2D eigenvalue weighted by molar-refractivity contribution is 8.76. The van der Waals surface area contributed by atoms with E-state index in [1.807, 2.05) is 12.1 Å². The van der Waals surface area contributed by atoms with E-state index in [2.05, 4.69) is 85.1 Å². The number of carboxylic acids is 2. The fraction of sp³-hybridized carbons (Fsp3) is 0.500. The Balaban J connectivity index is 1.41. The Labute approximate surface area is 764 Å². The maximum atomic E-state index is 15.4. The van der Waals surface area contributed by atoms with E-state index in [0.29, 0.717) is 38.3 Å². The summed E-state index contributed by atoms with van der Waals surface area (Å²) < 4.78 is 0. The first kappa shape index (κ1) is 107. The lowest BCUT2D eigenvalue weighted by Gasteiger charge is -2.31. The number of nitrogens with one attached hydrogen (secondary N) is 16. The molecule has 2 heterocycles. The number of rotatable bonds is 42. The molecule has 2 fully saturated rings. The van der Waals surface area contributed by atoms with E-state index >= 15 is 19.2 Å². The van der Waals surface area contributed by atoms with Crippen molar-refractivity contribution in [1.82, 2.24) is 99.8 Å². The Morgan fingerprint density at radius 3 is 1.50 bits per heavy atom. The summed E-state index contributed by atoms with van der Waals surface area (Å²) in [6.45, 7) is 9.05. The number of benzene rings is 4. The SMILES string of the molecule is CC(=O)NCCN(CCNC(C)=O)CC(=O)NCCNC(=O)[C@H](CC(=O)O)NC(=O)[C@H](Cc1ccc(-c2ccccc2)cc1)NC(=O)[C@@H]1CSSC[C@H](NC(=O)[C@@H]2CCCN2C(=O)C(CC(C)C)NC(=O)CN(CCNC(C)=O)CCNC(C)=O)C(=O)N[C@@H](CC(=O)O)C(=O)N[C@@H](Cc2ccc(O)cc2)C(=O)N[C@@H](Cc2ccc(O)cc2)C(=O)NCC(=O)N[C@@H](C(C)O)C(=O)N1. The van der Waals surface area contributed by atoms with Crippen LogP contribution in [0, 0.1) is 5.92 Å². The molecule has 2 aliphatic heterocycles. The number of carbonyl (C=O) groups excluding carboxylic acids is 17. The number of aliphatic hydroxyl groups excluding tert-OH is 1. The molecule has 2 unspecified atom stereocenters. The number of hydrogen-bond donors (Lipinski definition) is 21. The topological polar surface area (TPSA) is 628 Å². The second-order valence-corrected chi connectivity index (χ2v) is 34.3. The third kappa shape index (κ3) is 39.5. The van der Waals surface area contributed by atoms with Gasteiger partial charge < -0.3 is 116 Å². The van der Waals surface area contributed by atoms with E-state index in [0.717, 1.165) is 12.5 Å². The highest BCUT2D eigenvalue weighted by Gasteiger charge is 2.42. The average molecular weight is 1870 g/mol. The third-order valence-corrected chi connectivity index (χ3v) is 22.8. The minimum atomic E-state index is -2.13. The number of likely N-dealkylation sites (tertiary alicyclic amines) is 1. The summed E-state index contributed by atoms with van der Waals surface area (Å²) in [5.74, 6) is -20.0. The van der Waals surface area contributed by atoms with Crippen molar-refractivity contribution >= 4 is 134 Å². The molecule has 2 aliphatic rings. The molecule has 21 N–H and O–H groups in total. The predicted molar refractivity (Wildman–Crippen MR) is 479 cm³/mol. The van der Waals surface area contributed by atoms with E-state index in [4.69, 9.17) is 0 Å². The highest BCUT2D eigenvalue weighted by atomic mass is 33.1. The molecular formula is C86H119N19O24S2. The van der Waals surface area contributed by atoms with Crippen LogP contribution in [0.2, 0.25) is 0 Å². The summed E-state index contributed by atoms with van der Waals surface area (Å²) in [6, 6.07) is 8.53. The van der Waals surface area contributed by atoms with Gasteiger partial charge in [0.2, 0.25) is 100 Å². The van der Waals surface area contributed by atoms with Crippen molar-refractivity contribution in [2.45, 2.75) is 166 Å². The van der Waals surface area contributed by atoms with Crippen LogP contribution < -0.4 is 85.1 Å². The molecule has 17 amide bonds. The van der Waals surface area contributed by atoms with Crippen molar-refractivity contribution in [3.63, 3.8) is 0 Å². The standard InChI is InChI=1S/C86H119N19O24S2/c1-49(2)38-67(94-73(115)46-104(36-31-89-53(6)109)37-32-90-54(7)110)86(129)105-33-11-14-70(105)84(127)100-68-47-130-131-48-69(83(126)97-64(40-55-15-21-59(22-16-55)58-12-9-8-10-13-58)80(123)98-65(42-74(116)117)77(120)92-28-27-91-72(114)45-103(34-29-87-51(4)107)35-30-88-52(5)108)101-85(128)76(50(3)106)102-71(113)44-93-78(121)62(39-56-17-23-60(111)24-18-56)95-79(122)63(41-57-19-25-61(112)26-20-57)96-81(124)66(43-75(118)119)99-82(68)125/h8-10,12-13,15-26,49-50,62-70,76,106,111-112H,11,14,27-48H2,1-7H3,(H,87,107)(H,88,108)(H,89,109)(H,90,110)(H,91,114)(H,92,120)(H,93,121)(H,94,115)(H,95,122)(H,96,124)(H,97,126)(H,98,123)(H,99,125)(H,100,127)(H,101,128)(H,102,113)(H,116,117)(H,118,119)/t50?,62-,63-,64-,65-,66-,67?,68-,69-,70-,76-/m0/s1. The lowest BCUT2D eigenvalue weighted by Crippen LogP contribution is -2.61. The van der Waals surface area contributed by atoms with Gasteiger partial charge in [0.05, 0.1) is 38.6 Å². The molecule has 43 nitrogen and oxygen atoms in total. The molecule has 714 valence electrons. The van der Waals surface area contributed by atoms with Crippen LogP contribution in [-0.2, 0) is 110 Å². The van der Waals surface area contributed by atoms with Crippen LogP contribution in [0.4, 0.5) is 0 Å². The van der Waals surface area contributed by atoms with Crippen LogP contribution in [0.5, 0.6) is 11.5 Å². The third-order valence-electron chi connectivity index (χ3n) is 20.4. The van der Waals surface area contributed by atoms with Gasteiger partial charge in [-0.3, -0.25) is 101 Å². The second kappa shape index (κ2) is 55.1. The lowest BCUT2D eigenvalue weighted by atomic mass is 9.99. The Bertz CT molecular complexity index is 4580. The van der Waals surface area contributed by atoms with E-state index in [1.165, 1.54) is 81.1 Å². The molecule has 4 aromatic carbocycles. The molecule has 2 saturated heterocycles. The molecule has 0 aliphatic carbocycles. The molecule has 6 rings (SSSR count). The monoisotopic (exact) mass is 1870 g/mol. The minimum Gasteiger partial charge on any atom is -0.508 e. The number of aromatic hydroxyl groups is 2. The average Bonchev–Trinajstić information content (AvgIpc) is 1.73. The van der Waals surface area contributed by atoms with Gasteiger partial charge in [-0.2, -0.15) is 0 Å². The van der Waals surface area contributed by atoms with E-state index in [1.54, 1.807) is 66.1 Å². The summed E-state index contributed by atoms with van der Waals surface area (Å²) in [4.78, 5) is 267. The number of amides is 17. The molecule has 0 spiro atoms. The molecule has 4 aromatic rings. The first-order valence-electron chi connectivity index (χ1n) is 42.5. The van der Waals surface area contributed by atoms with Crippen molar-refractivity contribution in [1.29, 1.82) is 0 Å². The maximum Gasteiger partial charge on any atom is 0.305 e. The van der Waals surface area contributed by atoms with Gasteiger partial charge in [-0.15, -0.1) is 0 Å². The van der Waals surface area contributed by atoms with Crippen molar-refractivity contribution in [2.75, 3.05) is 103 Å². The van der Waals surface area contributed by atoms with Gasteiger partial charge in [0.15, 0.2) is 0 Å². The van der Waals surface area contributed by atoms with Gasteiger partial charge in [0, 0.05) is 130 Å². The molecule has 0 radical (unpaired) electrons. The Hall–Kier alpha value is -13.0. The quantitative estimate of drug-likeness (QED) is 0.0147. The minimum absolute atomic E-state index is 0.0333. The number of hydrogen-bond acceptors (Lipinski definition) is 26. The summed E-state index contributed by atoms with van der Waals surface area (Å²) in [7, 11) is 1.41. The molecule has 0 saturated carbocycles. The first-order valence-corrected chi connectivity index (χ1v) is 45.0. The zero-order chi connectivity index (χ0) is 96.4. The summed E-state index contributed by atoms with van der Waals surface area (Å²) in [5.41, 5.74) is 2.43. The highest BCUT2D eigenvalue weighted by Crippen LogP contribution is 2.27.